The molecule has 2 aromatic heterocycles. The van der Waals surface area contributed by atoms with Crippen LogP contribution in [0.4, 0.5) is 27.4 Å². The first-order chi connectivity index (χ1) is 13.0. The molecule has 0 unspecified atom stereocenters. The molecule has 0 aliphatic heterocycles. The number of primary amides is 1. The van der Waals surface area contributed by atoms with E-state index < -0.39 is 11.9 Å². The van der Waals surface area contributed by atoms with E-state index in [0.29, 0.717) is 17.3 Å². The number of carbonyl (C=O) groups excluding carboxylic acids is 1. The molecule has 2 heterocycles. The Hall–Kier alpha value is -3.68. The van der Waals surface area contributed by atoms with E-state index in [4.69, 9.17) is 10.5 Å². The third-order valence-electron chi connectivity index (χ3n) is 3.92. The molecular formula is C19H18FN5O2. The third-order valence-corrected chi connectivity index (χ3v) is 3.92. The number of anilines is 4. The zero-order valence-electron chi connectivity index (χ0n) is 14.8. The van der Waals surface area contributed by atoms with Crippen molar-refractivity contribution in [3.8, 4) is 5.75 Å². The van der Waals surface area contributed by atoms with Crippen LogP contribution >= 0.6 is 0 Å². The van der Waals surface area contributed by atoms with Crippen LogP contribution in [0, 0.1) is 5.95 Å². The van der Waals surface area contributed by atoms with Crippen molar-refractivity contribution in [3.05, 3.63) is 66.2 Å². The van der Waals surface area contributed by atoms with Crippen LogP contribution < -0.4 is 20.7 Å². The van der Waals surface area contributed by atoms with Crippen LogP contribution in [0.25, 0.3) is 0 Å². The Balaban J connectivity index is 1.95. The zero-order valence-corrected chi connectivity index (χ0v) is 14.8. The van der Waals surface area contributed by atoms with Crippen LogP contribution in [0.3, 0.4) is 0 Å². The van der Waals surface area contributed by atoms with Gasteiger partial charge in [0.1, 0.15) is 17.4 Å². The van der Waals surface area contributed by atoms with Gasteiger partial charge in [0.2, 0.25) is 5.95 Å². The third kappa shape index (κ3) is 4.12. The predicted molar refractivity (Wildman–Crippen MR) is 101 cm³/mol. The number of pyridine rings is 2. The van der Waals surface area contributed by atoms with Crippen molar-refractivity contribution >= 4 is 28.9 Å². The Kier molecular flexibility index (Phi) is 5.16. The molecule has 0 saturated carbocycles. The minimum Gasteiger partial charge on any atom is -0.497 e. The summed E-state index contributed by atoms with van der Waals surface area (Å²) in [5.74, 6) is 0.292. The number of amides is 1. The zero-order chi connectivity index (χ0) is 19.4. The summed E-state index contributed by atoms with van der Waals surface area (Å²) in [6.45, 7) is 0. The summed E-state index contributed by atoms with van der Waals surface area (Å²) in [5.41, 5.74) is 6.89. The van der Waals surface area contributed by atoms with E-state index in [1.54, 1.807) is 31.2 Å². The van der Waals surface area contributed by atoms with Crippen molar-refractivity contribution in [3.63, 3.8) is 0 Å². The van der Waals surface area contributed by atoms with Crippen molar-refractivity contribution in [1.82, 2.24) is 9.97 Å². The molecular weight excluding hydrogens is 349 g/mol. The van der Waals surface area contributed by atoms with Crippen molar-refractivity contribution in [1.29, 1.82) is 0 Å². The summed E-state index contributed by atoms with van der Waals surface area (Å²) in [6.07, 6.45) is 1.37. The van der Waals surface area contributed by atoms with Crippen LogP contribution in [0.1, 0.15) is 10.4 Å². The van der Waals surface area contributed by atoms with E-state index in [9.17, 15) is 9.18 Å². The highest BCUT2D eigenvalue weighted by molar-refractivity contribution is 5.99. The number of carbonyl (C=O) groups is 1. The van der Waals surface area contributed by atoms with Gasteiger partial charge in [0, 0.05) is 25.0 Å². The van der Waals surface area contributed by atoms with Crippen LogP contribution in [-0.2, 0) is 0 Å². The molecule has 0 saturated heterocycles. The lowest BCUT2D eigenvalue weighted by Gasteiger charge is -2.21. The first-order valence-corrected chi connectivity index (χ1v) is 8.05. The lowest BCUT2D eigenvalue weighted by Crippen LogP contribution is -2.20. The van der Waals surface area contributed by atoms with Gasteiger partial charge in [-0.2, -0.15) is 4.39 Å². The number of ether oxygens (including phenoxy) is 1. The molecule has 0 fully saturated rings. The van der Waals surface area contributed by atoms with E-state index in [-0.39, 0.29) is 5.56 Å². The first-order valence-electron chi connectivity index (χ1n) is 8.05. The maximum atomic E-state index is 13.5. The van der Waals surface area contributed by atoms with Gasteiger partial charge in [-0.1, -0.05) is 6.07 Å². The summed E-state index contributed by atoms with van der Waals surface area (Å²) in [7, 11) is 3.26. The summed E-state index contributed by atoms with van der Waals surface area (Å²) >= 11 is 0. The number of nitrogens with one attached hydrogen (secondary N) is 1. The van der Waals surface area contributed by atoms with Gasteiger partial charge in [-0.15, -0.1) is 0 Å². The molecule has 138 valence electrons. The van der Waals surface area contributed by atoms with E-state index in [1.165, 1.54) is 18.3 Å². The number of nitrogens with two attached hydrogens (primary N) is 1. The SMILES string of the molecule is COc1ccc(Nc2cc(N(C)c3cccc(F)n3)c(C(N)=O)cn2)cc1. The predicted octanol–water partition coefficient (Wildman–Crippen LogP) is 3.23. The number of hydrogen-bond donors (Lipinski definition) is 2. The van der Waals surface area contributed by atoms with Crippen LogP contribution in [0.2, 0.25) is 0 Å². The fourth-order valence-corrected chi connectivity index (χ4v) is 2.51. The first kappa shape index (κ1) is 18.1. The van der Waals surface area contributed by atoms with Gasteiger partial charge in [0.05, 0.1) is 18.4 Å². The second-order valence-electron chi connectivity index (χ2n) is 5.68. The normalized spacial score (nSPS) is 10.3. The van der Waals surface area contributed by atoms with Gasteiger partial charge in [0.25, 0.3) is 5.91 Å². The van der Waals surface area contributed by atoms with Crippen molar-refractivity contribution in [2.45, 2.75) is 0 Å². The number of methoxy groups -OCH3 is 1. The van der Waals surface area contributed by atoms with E-state index in [1.807, 2.05) is 24.3 Å². The van der Waals surface area contributed by atoms with Gasteiger partial charge in [-0.25, -0.2) is 9.97 Å². The Morgan fingerprint density at radius 1 is 1.22 bits per heavy atom. The molecule has 3 rings (SSSR count). The fourth-order valence-electron chi connectivity index (χ4n) is 2.51. The minimum atomic E-state index is -0.642. The number of halogens is 1. The second kappa shape index (κ2) is 7.69. The van der Waals surface area contributed by atoms with Gasteiger partial charge in [0.15, 0.2) is 0 Å². The molecule has 3 N–H and O–H groups in total. The highest BCUT2D eigenvalue weighted by Gasteiger charge is 2.16. The summed E-state index contributed by atoms with van der Waals surface area (Å²) in [5, 5.41) is 3.14. The number of rotatable bonds is 6. The highest BCUT2D eigenvalue weighted by Crippen LogP contribution is 2.29. The number of benzene rings is 1. The molecule has 7 nitrogen and oxygen atoms in total. The van der Waals surface area contributed by atoms with Crippen molar-refractivity contribution in [2.24, 2.45) is 5.73 Å². The molecule has 0 aliphatic carbocycles. The molecule has 1 aromatic carbocycles. The van der Waals surface area contributed by atoms with Gasteiger partial charge in [-0.3, -0.25) is 4.79 Å². The molecule has 0 spiro atoms. The monoisotopic (exact) mass is 367 g/mol. The maximum Gasteiger partial charge on any atom is 0.252 e. The molecule has 27 heavy (non-hydrogen) atoms. The number of aromatic nitrogens is 2. The summed E-state index contributed by atoms with van der Waals surface area (Å²) in [6, 6.07) is 13.3. The van der Waals surface area contributed by atoms with E-state index in [2.05, 4.69) is 15.3 Å². The van der Waals surface area contributed by atoms with E-state index >= 15 is 0 Å². The smallest absolute Gasteiger partial charge is 0.252 e. The van der Waals surface area contributed by atoms with Gasteiger partial charge >= 0.3 is 0 Å². The second-order valence-corrected chi connectivity index (χ2v) is 5.68. The van der Waals surface area contributed by atoms with Crippen LogP contribution in [-0.4, -0.2) is 30.0 Å². The minimum absolute atomic E-state index is 0.198. The van der Waals surface area contributed by atoms with Gasteiger partial charge in [-0.05, 0) is 36.4 Å². The van der Waals surface area contributed by atoms with Crippen molar-refractivity contribution in [2.75, 3.05) is 24.4 Å². The number of hydrogen-bond acceptors (Lipinski definition) is 6. The Bertz CT molecular complexity index is 963. The summed E-state index contributed by atoms with van der Waals surface area (Å²) < 4.78 is 18.6. The Morgan fingerprint density at radius 3 is 2.59 bits per heavy atom. The molecule has 0 aliphatic rings. The lowest BCUT2D eigenvalue weighted by atomic mass is 10.2. The Labute approximate surface area is 155 Å². The lowest BCUT2D eigenvalue weighted by molar-refractivity contribution is 0.100. The quantitative estimate of drug-likeness (QED) is 0.650. The topological polar surface area (TPSA) is 93.4 Å². The Morgan fingerprint density at radius 2 is 1.96 bits per heavy atom. The highest BCUT2D eigenvalue weighted by atomic mass is 19.1. The average molecular weight is 367 g/mol. The largest absolute Gasteiger partial charge is 0.497 e. The molecule has 3 aromatic rings. The standard InChI is InChI=1S/C19H18FN5O2/c1-25(18-5-3-4-16(20)24-18)15-10-17(22-11-14(15)19(21)26)23-12-6-8-13(27-2)9-7-12/h3-11H,1-2H3,(H2,21,26)(H,22,23). The molecule has 8 heteroatoms. The molecule has 1 amide bonds. The average Bonchev–Trinajstić information content (AvgIpc) is 2.67. The van der Waals surface area contributed by atoms with Crippen LogP contribution in [0.5, 0.6) is 5.75 Å². The summed E-state index contributed by atoms with van der Waals surface area (Å²) in [4.78, 5) is 21.4. The maximum absolute atomic E-state index is 13.5. The number of nitrogens with zero attached hydrogens (tertiary/aromatic N) is 3. The molecule has 0 atom stereocenters. The molecule has 0 bridgehead atoms. The van der Waals surface area contributed by atoms with Gasteiger partial charge < -0.3 is 20.7 Å². The van der Waals surface area contributed by atoms with E-state index in [0.717, 1.165) is 11.4 Å². The fraction of sp³-hybridized carbons (Fsp3) is 0.105. The van der Waals surface area contributed by atoms with Crippen molar-refractivity contribution < 1.29 is 13.9 Å². The molecule has 0 radical (unpaired) electrons. The van der Waals surface area contributed by atoms with Crippen LogP contribution in [0.15, 0.2) is 54.7 Å².